The summed E-state index contributed by atoms with van der Waals surface area (Å²) in [4.78, 5) is 0. The van der Waals surface area contributed by atoms with Crippen LogP contribution in [0.5, 0.6) is 0 Å². The van der Waals surface area contributed by atoms with E-state index in [2.05, 4.69) is 0 Å². The van der Waals surface area contributed by atoms with E-state index in [9.17, 15) is 8.42 Å². The fraction of sp³-hybridized carbons (Fsp3) is 1.00. The lowest BCUT2D eigenvalue weighted by molar-refractivity contribution is 0.280. The maximum atomic E-state index is 10.6. The van der Waals surface area contributed by atoms with Crippen molar-refractivity contribution >= 4 is 10.1 Å². The third-order valence-electron chi connectivity index (χ3n) is 1.60. The van der Waals surface area contributed by atoms with Crippen molar-refractivity contribution in [2.75, 3.05) is 13.2 Å². The van der Waals surface area contributed by atoms with Gasteiger partial charge in [-0.25, -0.2) is 0 Å². The number of hydrogen-bond donors (Lipinski definition) is 3. The first-order valence-electron chi connectivity index (χ1n) is 3.79. The molecule has 0 aliphatic heterocycles. The Morgan fingerprint density at radius 1 is 1.33 bits per heavy atom. The highest BCUT2D eigenvalue weighted by atomic mass is 32.2. The van der Waals surface area contributed by atoms with Gasteiger partial charge in [0.25, 0.3) is 10.1 Å². The summed E-state index contributed by atoms with van der Waals surface area (Å²) in [6.45, 7) is 0.145. The first-order chi connectivity index (χ1) is 5.52. The molecule has 0 fully saturated rings. The Labute approximate surface area is 72.3 Å². The molecule has 1 unspecified atom stereocenters. The number of hydrogen-bond acceptors (Lipinski definition) is 4. The van der Waals surface area contributed by atoms with Crippen molar-refractivity contribution < 1.29 is 18.1 Å². The third-order valence-corrected chi connectivity index (χ3v) is 2.92. The summed E-state index contributed by atoms with van der Waals surface area (Å²) in [6.07, 6.45) is 0.902. The molecule has 12 heavy (non-hydrogen) atoms. The molecular weight excluding hydrogens is 182 g/mol. The molecule has 0 aromatic rings. The van der Waals surface area contributed by atoms with Gasteiger partial charge < -0.3 is 10.8 Å². The molecule has 74 valence electrons. The van der Waals surface area contributed by atoms with Crippen LogP contribution in [0.3, 0.4) is 0 Å². The van der Waals surface area contributed by atoms with Crippen LogP contribution in [0, 0.1) is 0 Å². The van der Waals surface area contributed by atoms with Crippen LogP contribution in [-0.2, 0) is 10.1 Å². The van der Waals surface area contributed by atoms with Gasteiger partial charge in [0.05, 0.1) is 5.25 Å². The molecule has 0 amide bonds. The molecule has 0 spiro atoms. The standard InChI is InChI=1S/C6H15NO4S/c7-4-1-2-6(3-5-8)12(9,10)11/h6,8H,1-5,7H2,(H,9,10,11). The van der Waals surface area contributed by atoms with E-state index < -0.39 is 15.4 Å². The van der Waals surface area contributed by atoms with Crippen LogP contribution in [0.2, 0.25) is 0 Å². The van der Waals surface area contributed by atoms with Crippen LogP contribution in [0.25, 0.3) is 0 Å². The molecule has 5 nitrogen and oxygen atoms in total. The van der Waals surface area contributed by atoms with Crippen molar-refractivity contribution in [2.24, 2.45) is 5.73 Å². The topological polar surface area (TPSA) is 101 Å². The fourth-order valence-electron chi connectivity index (χ4n) is 0.932. The Morgan fingerprint density at radius 2 is 1.92 bits per heavy atom. The summed E-state index contributed by atoms with van der Waals surface area (Å²) in [5.41, 5.74) is 5.18. The predicted molar refractivity (Wildman–Crippen MR) is 45.3 cm³/mol. The van der Waals surface area contributed by atoms with Crippen LogP contribution < -0.4 is 5.73 Å². The Balaban J connectivity index is 4.05. The lowest BCUT2D eigenvalue weighted by atomic mass is 10.2. The summed E-state index contributed by atoms with van der Waals surface area (Å²) in [7, 11) is -4.01. The maximum Gasteiger partial charge on any atom is 0.267 e. The lowest BCUT2D eigenvalue weighted by Crippen LogP contribution is -2.22. The van der Waals surface area contributed by atoms with Crippen molar-refractivity contribution in [3.63, 3.8) is 0 Å². The normalized spacial score (nSPS) is 14.6. The molecule has 0 saturated heterocycles. The summed E-state index contributed by atoms with van der Waals surface area (Å²) in [5.74, 6) is 0. The fourth-order valence-corrected chi connectivity index (χ4v) is 1.80. The van der Waals surface area contributed by atoms with E-state index in [-0.39, 0.29) is 13.0 Å². The first kappa shape index (κ1) is 11.8. The van der Waals surface area contributed by atoms with Crippen LogP contribution in [-0.4, -0.2) is 36.5 Å². The largest absolute Gasteiger partial charge is 0.396 e. The quantitative estimate of drug-likeness (QED) is 0.492. The third kappa shape index (κ3) is 4.66. The van der Waals surface area contributed by atoms with E-state index in [1.165, 1.54) is 0 Å². The van der Waals surface area contributed by atoms with Gasteiger partial charge in [0.1, 0.15) is 0 Å². The Morgan fingerprint density at radius 3 is 2.25 bits per heavy atom. The summed E-state index contributed by atoms with van der Waals surface area (Å²) in [6, 6.07) is 0. The van der Waals surface area contributed by atoms with Crippen molar-refractivity contribution in [3.8, 4) is 0 Å². The highest BCUT2D eigenvalue weighted by molar-refractivity contribution is 7.86. The highest BCUT2D eigenvalue weighted by Gasteiger charge is 2.21. The second-order valence-corrected chi connectivity index (χ2v) is 4.28. The van der Waals surface area contributed by atoms with Gasteiger partial charge >= 0.3 is 0 Å². The molecule has 0 rings (SSSR count). The second-order valence-electron chi connectivity index (χ2n) is 2.58. The highest BCUT2D eigenvalue weighted by Crippen LogP contribution is 2.10. The zero-order valence-corrected chi connectivity index (χ0v) is 7.63. The molecule has 0 aliphatic rings. The van der Waals surface area contributed by atoms with Gasteiger partial charge in [0.15, 0.2) is 0 Å². The van der Waals surface area contributed by atoms with Crippen molar-refractivity contribution in [2.45, 2.75) is 24.5 Å². The molecule has 0 aliphatic carbocycles. The summed E-state index contributed by atoms with van der Waals surface area (Å²) < 4.78 is 29.9. The molecule has 0 aromatic carbocycles. The van der Waals surface area contributed by atoms with Crippen molar-refractivity contribution in [1.82, 2.24) is 0 Å². The molecule has 6 heteroatoms. The molecular formula is C6H15NO4S. The van der Waals surface area contributed by atoms with E-state index in [4.69, 9.17) is 15.4 Å². The van der Waals surface area contributed by atoms with Crippen LogP contribution in [0.1, 0.15) is 19.3 Å². The molecule has 4 N–H and O–H groups in total. The van der Waals surface area contributed by atoms with E-state index in [0.717, 1.165) is 0 Å². The van der Waals surface area contributed by atoms with E-state index >= 15 is 0 Å². The minimum atomic E-state index is -4.01. The molecule has 0 heterocycles. The van der Waals surface area contributed by atoms with Gasteiger partial charge in [-0.05, 0) is 25.8 Å². The van der Waals surface area contributed by atoms with Gasteiger partial charge in [-0.3, -0.25) is 4.55 Å². The molecule has 0 saturated carbocycles. The van der Waals surface area contributed by atoms with Gasteiger partial charge in [-0.15, -0.1) is 0 Å². The van der Waals surface area contributed by atoms with Gasteiger partial charge in [-0.1, -0.05) is 0 Å². The summed E-state index contributed by atoms with van der Waals surface area (Å²) in [5, 5.41) is 7.62. The number of nitrogens with two attached hydrogens (primary N) is 1. The smallest absolute Gasteiger partial charge is 0.267 e. The Hall–Kier alpha value is -0.170. The van der Waals surface area contributed by atoms with Gasteiger partial charge in [0, 0.05) is 6.61 Å². The van der Waals surface area contributed by atoms with Gasteiger partial charge in [-0.2, -0.15) is 8.42 Å². The maximum absolute atomic E-state index is 10.6. The number of aliphatic hydroxyl groups excluding tert-OH is 1. The van der Waals surface area contributed by atoms with Crippen LogP contribution in [0.4, 0.5) is 0 Å². The first-order valence-corrected chi connectivity index (χ1v) is 5.30. The lowest BCUT2D eigenvalue weighted by Gasteiger charge is -2.10. The average Bonchev–Trinajstić information content (AvgIpc) is 1.95. The SMILES string of the molecule is NCCCC(CCO)S(=O)(=O)O. The van der Waals surface area contributed by atoms with Crippen LogP contribution >= 0.6 is 0 Å². The monoisotopic (exact) mass is 197 g/mol. The van der Waals surface area contributed by atoms with Crippen molar-refractivity contribution in [1.29, 1.82) is 0 Å². The number of aliphatic hydroxyl groups is 1. The predicted octanol–water partition coefficient (Wildman–Crippen LogP) is -0.636. The Kier molecular flexibility index (Phi) is 5.39. The Bertz CT molecular complexity index is 202. The zero-order chi connectivity index (χ0) is 9.61. The van der Waals surface area contributed by atoms with Crippen LogP contribution in [0.15, 0.2) is 0 Å². The van der Waals surface area contributed by atoms with E-state index in [0.29, 0.717) is 19.4 Å². The number of rotatable bonds is 6. The second kappa shape index (κ2) is 5.47. The minimum absolute atomic E-state index is 0.0683. The van der Waals surface area contributed by atoms with E-state index in [1.54, 1.807) is 0 Å². The zero-order valence-electron chi connectivity index (χ0n) is 6.81. The minimum Gasteiger partial charge on any atom is -0.396 e. The summed E-state index contributed by atoms with van der Waals surface area (Å²) >= 11 is 0. The molecule has 0 bridgehead atoms. The molecule has 1 atom stereocenters. The molecule has 0 radical (unpaired) electrons. The average molecular weight is 197 g/mol. The van der Waals surface area contributed by atoms with Gasteiger partial charge in [0.2, 0.25) is 0 Å². The van der Waals surface area contributed by atoms with Crippen molar-refractivity contribution in [3.05, 3.63) is 0 Å². The van der Waals surface area contributed by atoms with E-state index in [1.807, 2.05) is 0 Å². The molecule has 0 aromatic heterocycles.